The number of nitrogens with two attached hydrogens (primary N) is 1. The van der Waals surface area contributed by atoms with E-state index in [4.69, 9.17) is 5.73 Å². The summed E-state index contributed by atoms with van der Waals surface area (Å²) in [5.41, 5.74) is 7.36. The number of hydrogen-bond acceptors (Lipinski definition) is 2. The zero-order valence-corrected chi connectivity index (χ0v) is 9.16. The van der Waals surface area contributed by atoms with Gasteiger partial charge in [-0.2, -0.15) is 0 Å². The van der Waals surface area contributed by atoms with Crippen molar-refractivity contribution in [3.8, 4) is 0 Å². The van der Waals surface area contributed by atoms with Crippen LogP contribution >= 0.6 is 31.9 Å². The van der Waals surface area contributed by atoms with E-state index in [0.29, 0.717) is 0 Å². The maximum absolute atomic E-state index is 5.71. The highest BCUT2D eigenvalue weighted by Crippen LogP contribution is 2.31. The molecule has 3 N–H and O–H groups in total. The average Bonchev–Trinajstić information content (AvgIpc) is 1.85. The molecule has 60 valence electrons. The van der Waals surface area contributed by atoms with Crippen LogP contribution in [0.25, 0.3) is 0 Å². The van der Waals surface area contributed by atoms with Crippen molar-refractivity contribution in [2.45, 2.75) is 0 Å². The summed E-state index contributed by atoms with van der Waals surface area (Å²) >= 11 is 6.72. The number of halogens is 2. The summed E-state index contributed by atoms with van der Waals surface area (Å²) in [4.78, 5) is 0. The first kappa shape index (κ1) is 8.87. The lowest BCUT2D eigenvalue weighted by atomic mass is 10.3. The van der Waals surface area contributed by atoms with Crippen LogP contribution in [-0.2, 0) is 0 Å². The second-order valence-corrected chi connectivity index (χ2v) is 3.87. The van der Waals surface area contributed by atoms with Crippen LogP contribution in [0.15, 0.2) is 21.1 Å². The molecule has 0 unspecified atom stereocenters. The molecule has 1 aromatic rings. The molecule has 0 bridgehead atoms. The van der Waals surface area contributed by atoms with Crippen LogP contribution in [0.4, 0.5) is 11.4 Å². The highest BCUT2D eigenvalue weighted by molar-refractivity contribution is 9.11. The second-order valence-electron chi connectivity index (χ2n) is 2.10. The fraction of sp³-hybridized carbons (Fsp3) is 0.143. The van der Waals surface area contributed by atoms with E-state index in [1.165, 1.54) is 0 Å². The molecule has 0 saturated carbocycles. The Morgan fingerprint density at radius 3 is 2.45 bits per heavy atom. The first-order chi connectivity index (χ1) is 5.15. The van der Waals surface area contributed by atoms with Crippen molar-refractivity contribution < 1.29 is 0 Å². The van der Waals surface area contributed by atoms with Gasteiger partial charge in [-0.3, -0.25) is 0 Å². The van der Waals surface area contributed by atoms with Gasteiger partial charge in [0.2, 0.25) is 0 Å². The summed E-state index contributed by atoms with van der Waals surface area (Å²) in [5.74, 6) is 0. The highest BCUT2D eigenvalue weighted by Gasteiger charge is 2.02. The number of rotatable bonds is 1. The van der Waals surface area contributed by atoms with Crippen molar-refractivity contribution in [3.05, 3.63) is 21.1 Å². The molecule has 1 aromatic carbocycles. The monoisotopic (exact) mass is 278 g/mol. The third-order valence-electron chi connectivity index (χ3n) is 1.34. The Morgan fingerprint density at radius 1 is 1.36 bits per heavy atom. The summed E-state index contributed by atoms with van der Waals surface area (Å²) in [6.07, 6.45) is 0. The van der Waals surface area contributed by atoms with Gasteiger partial charge in [0, 0.05) is 16.0 Å². The van der Waals surface area contributed by atoms with Gasteiger partial charge in [-0.25, -0.2) is 0 Å². The van der Waals surface area contributed by atoms with Crippen molar-refractivity contribution in [2.24, 2.45) is 0 Å². The predicted molar refractivity (Wildman–Crippen MR) is 55.8 cm³/mol. The normalized spacial score (nSPS) is 9.73. The van der Waals surface area contributed by atoms with E-state index in [2.05, 4.69) is 37.2 Å². The largest absolute Gasteiger partial charge is 0.397 e. The van der Waals surface area contributed by atoms with Crippen LogP contribution in [0, 0.1) is 0 Å². The number of anilines is 2. The maximum Gasteiger partial charge on any atom is 0.0716 e. The molecule has 0 saturated heterocycles. The third kappa shape index (κ3) is 1.87. The molecular formula is C7H8Br2N2. The van der Waals surface area contributed by atoms with E-state index < -0.39 is 0 Å². The standard InChI is InChI=1S/C7H8Br2N2/c1-11-7-5(9)2-4(8)3-6(7)10/h2-3,11H,10H2,1H3. The molecule has 0 amide bonds. The van der Waals surface area contributed by atoms with E-state index in [1.54, 1.807) is 0 Å². The molecule has 2 nitrogen and oxygen atoms in total. The molecule has 0 aromatic heterocycles. The van der Waals surface area contributed by atoms with E-state index in [1.807, 2.05) is 19.2 Å². The molecule has 0 fully saturated rings. The molecule has 0 spiro atoms. The molecule has 0 atom stereocenters. The fourth-order valence-electron chi connectivity index (χ4n) is 0.857. The van der Waals surface area contributed by atoms with Gasteiger partial charge in [0.1, 0.15) is 0 Å². The molecule has 0 radical (unpaired) electrons. The molecule has 1 rings (SSSR count). The Kier molecular flexibility index (Phi) is 2.78. The topological polar surface area (TPSA) is 38.0 Å². The Balaban J connectivity index is 3.25. The SMILES string of the molecule is CNc1c(N)cc(Br)cc1Br. The van der Waals surface area contributed by atoms with Gasteiger partial charge in [-0.05, 0) is 28.1 Å². The summed E-state index contributed by atoms with van der Waals surface area (Å²) in [7, 11) is 1.84. The van der Waals surface area contributed by atoms with Crippen molar-refractivity contribution in [1.29, 1.82) is 0 Å². The lowest BCUT2D eigenvalue weighted by Gasteiger charge is -2.07. The van der Waals surface area contributed by atoms with Gasteiger partial charge in [0.15, 0.2) is 0 Å². The van der Waals surface area contributed by atoms with Crippen LogP contribution in [-0.4, -0.2) is 7.05 Å². The Labute approximate surface area is 82.4 Å². The summed E-state index contributed by atoms with van der Waals surface area (Å²) < 4.78 is 1.94. The minimum atomic E-state index is 0.730. The Morgan fingerprint density at radius 2 is 2.00 bits per heavy atom. The minimum Gasteiger partial charge on any atom is -0.397 e. The first-order valence-corrected chi connectivity index (χ1v) is 4.66. The van der Waals surface area contributed by atoms with Crippen LogP contribution in [0.2, 0.25) is 0 Å². The molecule has 0 heterocycles. The molecule has 11 heavy (non-hydrogen) atoms. The van der Waals surface area contributed by atoms with Crippen LogP contribution in [0.3, 0.4) is 0 Å². The Hall–Kier alpha value is -0.220. The zero-order chi connectivity index (χ0) is 8.43. The predicted octanol–water partition coefficient (Wildman–Crippen LogP) is 2.84. The van der Waals surface area contributed by atoms with E-state index in [0.717, 1.165) is 20.3 Å². The van der Waals surface area contributed by atoms with Gasteiger partial charge in [-0.15, -0.1) is 0 Å². The van der Waals surface area contributed by atoms with Crippen molar-refractivity contribution in [3.63, 3.8) is 0 Å². The van der Waals surface area contributed by atoms with Gasteiger partial charge >= 0.3 is 0 Å². The number of nitrogens with one attached hydrogen (secondary N) is 1. The highest BCUT2D eigenvalue weighted by atomic mass is 79.9. The van der Waals surface area contributed by atoms with Crippen LogP contribution in [0.5, 0.6) is 0 Å². The number of benzene rings is 1. The van der Waals surface area contributed by atoms with Crippen molar-refractivity contribution >= 4 is 43.2 Å². The second kappa shape index (κ2) is 3.45. The quantitative estimate of drug-likeness (QED) is 0.776. The molecule has 0 aliphatic carbocycles. The molecule has 4 heteroatoms. The lowest BCUT2D eigenvalue weighted by Crippen LogP contribution is -1.96. The Bertz CT molecular complexity index is 250. The van der Waals surface area contributed by atoms with Crippen LogP contribution < -0.4 is 11.1 Å². The zero-order valence-electron chi connectivity index (χ0n) is 5.99. The van der Waals surface area contributed by atoms with Gasteiger partial charge in [0.05, 0.1) is 11.4 Å². The molecule has 0 aliphatic rings. The summed E-state index contributed by atoms with van der Waals surface area (Å²) in [6, 6.07) is 3.80. The average molecular weight is 280 g/mol. The fourth-order valence-corrected chi connectivity index (χ4v) is 2.31. The van der Waals surface area contributed by atoms with Gasteiger partial charge in [-0.1, -0.05) is 15.9 Å². The van der Waals surface area contributed by atoms with Crippen molar-refractivity contribution in [2.75, 3.05) is 18.1 Å². The summed E-state index contributed by atoms with van der Waals surface area (Å²) in [6.45, 7) is 0. The van der Waals surface area contributed by atoms with Crippen molar-refractivity contribution in [1.82, 2.24) is 0 Å². The van der Waals surface area contributed by atoms with E-state index in [-0.39, 0.29) is 0 Å². The number of nitrogen functional groups attached to an aromatic ring is 1. The van der Waals surface area contributed by atoms with Crippen LogP contribution in [0.1, 0.15) is 0 Å². The lowest BCUT2D eigenvalue weighted by molar-refractivity contribution is 1.47. The third-order valence-corrected chi connectivity index (χ3v) is 2.42. The number of hydrogen-bond donors (Lipinski definition) is 2. The van der Waals surface area contributed by atoms with E-state index in [9.17, 15) is 0 Å². The maximum atomic E-state index is 5.71. The minimum absolute atomic E-state index is 0.730. The summed E-state index contributed by atoms with van der Waals surface area (Å²) in [5, 5.41) is 3.00. The smallest absolute Gasteiger partial charge is 0.0716 e. The first-order valence-electron chi connectivity index (χ1n) is 3.07. The molecular weight excluding hydrogens is 272 g/mol. The van der Waals surface area contributed by atoms with Gasteiger partial charge in [0.25, 0.3) is 0 Å². The van der Waals surface area contributed by atoms with E-state index >= 15 is 0 Å². The molecule has 0 aliphatic heterocycles. The van der Waals surface area contributed by atoms with Gasteiger partial charge < -0.3 is 11.1 Å².